The van der Waals surface area contributed by atoms with Crippen LogP contribution in [0.25, 0.3) is 0 Å². The fourth-order valence-electron chi connectivity index (χ4n) is 1.27. The molecule has 1 rings (SSSR count). The van der Waals surface area contributed by atoms with Gasteiger partial charge in [0.15, 0.2) is 0 Å². The first kappa shape index (κ1) is 9.75. The van der Waals surface area contributed by atoms with Crippen molar-refractivity contribution in [2.24, 2.45) is 17.1 Å². The van der Waals surface area contributed by atoms with Crippen molar-refractivity contribution >= 4 is 0 Å². The van der Waals surface area contributed by atoms with Crippen molar-refractivity contribution in [1.29, 1.82) is 0 Å². The second-order valence-electron chi connectivity index (χ2n) is 4.22. The van der Waals surface area contributed by atoms with Crippen LogP contribution in [-0.2, 0) is 4.74 Å². The summed E-state index contributed by atoms with van der Waals surface area (Å²) in [5.41, 5.74) is 5.90. The highest BCUT2D eigenvalue weighted by Crippen LogP contribution is 2.33. The van der Waals surface area contributed by atoms with Crippen molar-refractivity contribution in [3.05, 3.63) is 12.2 Å². The first-order valence-electron chi connectivity index (χ1n) is 4.58. The minimum Gasteiger partial charge on any atom is -0.359 e. The van der Waals surface area contributed by atoms with E-state index in [0.29, 0.717) is 5.92 Å². The molecule has 12 heavy (non-hydrogen) atoms. The van der Waals surface area contributed by atoms with Gasteiger partial charge in [-0.25, -0.2) is 0 Å². The number of hydrogen-bond acceptors (Lipinski definition) is 2. The molecule has 2 heteroatoms. The molecule has 2 atom stereocenters. The highest BCUT2D eigenvalue weighted by Gasteiger charge is 2.29. The van der Waals surface area contributed by atoms with E-state index in [9.17, 15) is 0 Å². The molecule has 0 aromatic heterocycles. The predicted octanol–water partition coefficient (Wildman–Crippen LogP) is 1.91. The monoisotopic (exact) mass is 169 g/mol. The van der Waals surface area contributed by atoms with E-state index in [1.807, 2.05) is 6.08 Å². The summed E-state index contributed by atoms with van der Waals surface area (Å²) < 4.78 is 5.47. The number of rotatable bonds is 1. The molecule has 2 unspecified atom stereocenters. The Morgan fingerprint density at radius 3 is 2.83 bits per heavy atom. The van der Waals surface area contributed by atoms with Crippen LogP contribution in [0.4, 0.5) is 0 Å². The maximum Gasteiger partial charge on any atom is 0.124 e. The molecule has 1 aliphatic heterocycles. The zero-order valence-electron chi connectivity index (χ0n) is 8.21. The molecule has 1 heterocycles. The van der Waals surface area contributed by atoms with Gasteiger partial charge in [-0.05, 0) is 23.8 Å². The molecule has 0 bridgehead atoms. The largest absolute Gasteiger partial charge is 0.359 e. The Morgan fingerprint density at radius 1 is 1.58 bits per heavy atom. The number of ether oxygens (including phenoxy) is 1. The summed E-state index contributed by atoms with van der Waals surface area (Å²) in [5, 5.41) is 0. The molecule has 0 fully saturated rings. The van der Waals surface area contributed by atoms with E-state index in [1.54, 1.807) is 0 Å². The summed E-state index contributed by atoms with van der Waals surface area (Å²) >= 11 is 0. The van der Waals surface area contributed by atoms with Crippen LogP contribution in [0, 0.1) is 11.3 Å². The average molecular weight is 169 g/mol. The highest BCUT2D eigenvalue weighted by atomic mass is 16.5. The molecule has 2 nitrogen and oxygen atoms in total. The summed E-state index contributed by atoms with van der Waals surface area (Å²) in [4.78, 5) is 0. The third kappa shape index (κ3) is 2.08. The van der Waals surface area contributed by atoms with Gasteiger partial charge in [-0.1, -0.05) is 26.8 Å². The Labute approximate surface area is 74.8 Å². The number of nitrogens with two attached hydrogens (primary N) is 1. The van der Waals surface area contributed by atoms with Crippen molar-refractivity contribution in [2.75, 3.05) is 6.61 Å². The molecule has 70 valence electrons. The quantitative estimate of drug-likeness (QED) is 0.608. The molecule has 0 aliphatic carbocycles. The van der Waals surface area contributed by atoms with Crippen LogP contribution in [0.2, 0.25) is 0 Å². The first-order chi connectivity index (χ1) is 5.54. The lowest BCUT2D eigenvalue weighted by atomic mass is 9.77. The van der Waals surface area contributed by atoms with Gasteiger partial charge in [-0.3, -0.25) is 0 Å². The van der Waals surface area contributed by atoms with Gasteiger partial charge in [0.25, 0.3) is 0 Å². The van der Waals surface area contributed by atoms with Crippen molar-refractivity contribution < 1.29 is 4.74 Å². The topological polar surface area (TPSA) is 35.2 Å². The van der Waals surface area contributed by atoms with E-state index in [0.717, 1.165) is 13.0 Å². The van der Waals surface area contributed by atoms with Crippen molar-refractivity contribution in [3.63, 3.8) is 0 Å². The summed E-state index contributed by atoms with van der Waals surface area (Å²) in [7, 11) is 0. The predicted molar refractivity (Wildman–Crippen MR) is 50.6 cm³/mol. The lowest BCUT2D eigenvalue weighted by molar-refractivity contribution is 0.00853. The van der Waals surface area contributed by atoms with Crippen LogP contribution in [0.3, 0.4) is 0 Å². The van der Waals surface area contributed by atoms with E-state index in [2.05, 4.69) is 26.8 Å². The van der Waals surface area contributed by atoms with Crippen LogP contribution in [0.5, 0.6) is 0 Å². The Bertz CT molecular complexity index is 177. The lowest BCUT2D eigenvalue weighted by Gasteiger charge is -2.31. The average Bonchev–Trinajstić information content (AvgIpc) is 2.15. The Balaban J connectivity index is 2.64. The van der Waals surface area contributed by atoms with Gasteiger partial charge in [0.05, 0.1) is 6.61 Å². The lowest BCUT2D eigenvalue weighted by Crippen LogP contribution is -2.31. The fraction of sp³-hybridized carbons (Fsp3) is 0.800. The van der Waals surface area contributed by atoms with Crippen LogP contribution in [0.1, 0.15) is 27.2 Å². The number of hydrogen-bond donors (Lipinski definition) is 1. The van der Waals surface area contributed by atoms with Gasteiger partial charge < -0.3 is 10.5 Å². The van der Waals surface area contributed by atoms with E-state index in [-0.39, 0.29) is 11.6 Å². The standard InChI is InChI=1S/C10H19NO/c1-8(2)10(3)6-4-5-9(11)12-7-10/h4-5,8-9H,6-7,11H2,1-3H3. The maximum atomic E-state index is 5.65. The van der Waals surface area contributed by atoms with E-state index < -0.39 is 0 Å². The molecule has 0 aromatic carbocycles. The van der Waals surface area contributed by atoms with Crippen molar-refractivity contribution in [3.8, 4) is 0 Å². The third-order valence-electron chi connectivity index (χ3n) is 2.91. The van der Waals surface area contributed by atoms with Gasteiger partial charge in [-0.2, -0.15) is 0 Å². The van der Waals surface area contributed by atoms with Crippen molar-refractivity contribution in [2.45, 2.75) is 33.4 Å². The van der Waals surface area contributed by atoms with E-state index in [4.69, 9.17) is 10.5 Å². The Kier molecular flexibility index (Phi) is 2.91. The maximum absolute atomic E-state index is 5.65. The number of allylic oxidation sites excluding steroid dienone is 1. The van der Waals surface area contributed by atoms with E-state index in [1.165, 1.54) is 0 Å². The van der Waals surface area contributed by atoms with Gasteiger partial charge >= 0.3 is 0 Å². The molecule has 0 saturated carbocycles. The normalized spacial score (nSPS) is 36.9. The minimum absolute atomic E-state index is 0.203. The van der Waals surface area contributed by atoms with Crippen LogP contribution < -0.4 is 5.73 Å². The second kappa shape index (κ2) is 3.58. The zero-order chi connectivity index (χ0) is 9.19. The Hall–Kier alpha value is -0.340. The summed E-state index contributed by atoms with van der Waals surface area (Å²) in [6.07, 6.45) is 4.94. The molecule has 0 spiro atoms. The summed E-state index contributed by atoms with van der Waals surface area (Å²) in [6, 6.07) is 0. The molecule has 2 N–H and O–H groups in total. The zero-order valence-corrected chi connectivity index (χ0v) is 8.21. The van der Waals surface area contributed by atoms with Gasteiger partial charge in [0, 0.05) is 0 Å². The fourth-order valence-corrected chi connectivity index (χ4v) is 1.27. The molecule has 0 aromatic rings. The van der Waals surface area contributed by atoms with E-state index >= 15 is 0 Å². The SMILES string of the molecule is CC(C)C1(C)CC=CC(N)OC1. The summed E-state index contributed by atoms with van der Waals surface area (Å²) in [5.74, 6) is 0.632. The van der Waals surface area contributed by atoms with Crippen LogP contribution in [-0.4, -0.2) is 12.8 Å². The van der Waals surface area contributed by atoms with Gasteiger partial charge in [0.2, 0.25) is 0 Å². The second-order valence-corrected chi connectivity index (χ2v) is 4.22. The Morgan fingerprint density at radius 2 is 2.25 bits per heavy atom. The molecular formula is C10H19NO. The molecule has 0 radical (unpaired) electrons. The minimum atomic E-state index is -0.203. The molecule has 1 aliphatic rings. The third-order valence-corrected chi connectivity index (χ3v) is 2.91. The molecule has 0 saturated heterocycles. The van der Waals surface area contributed by atoms with Crippen molar-refractivity contribution in [1.82, 2.24) is 0 Å². The van der Waals surface area contributed by atoms with Gasteiger partial charge in [0.1, 0.15) is 6.23 Å². The van der Waals surface area contributed by atoms with Crippen LogP contribution in [0.15, 0.2) is 12.2 Å². The molecule has 0 amide bonds. The molecular weight excluding hydrogens is 150 g/mol. The highest BCUT2D eigenvalue weighted by molar-refractivity contribution is 4.96. The van der Waals surface area contributed by atoms with Crippen LogP contribution >= 0.6 is 0 Å². The van der Waals surface area contributed by atoms with Gasteiger partial charge in [-0.15, -0.1) is 0 Å². The summed E-state index contributed by atoms with van der Waals surface area (Å²) in [6.45, 7) is 7.47. The smallest absolute Gasteiger partial charge is 0.124 e. The first-order valence-corrected chi connectivity index (χ1v) is 4.58.